The molecule has 6 heteroatoms. The van der Waals surface area contributed by atoms with E-state index in [4.69, 9.17) is 10.7 Å². The minimum absolute atomic E-state index is 0.0155. The van der Waals surface area contributed by atoms with Crippen LogP contribution in [-0.2, 0) is 0 Å². The van der Waals surface area contributed by atoms with Crippen molar-refractivity contribution in [2.75, 3.05) is 23.7 Å². The molecule has 1 unspecified atom stereocenters. The van der Waals surface area contributed by atoms with Crippen molar-refractivity contribution in [1.29, 1.82) is 0 Å². The summed E-state index contributed by atoms with van der Waals surface area (Å²) in [5.74, 6) is 1.19. The number of fused-ring (bicyclic) bond motifs is 1. The van der Waals surface area contributed by atoms with Crippen LogP contribution in [0.1, 0.15) is 70.6 Å². The van der Waals surface area contributed by atoms with Crippen LogP contribution in [-0.4, -0.2) is 34.3 Å². The van der Waals surface area contributed by atoms with Crippen LogP contribution in [0.2, 0.25) is 0 Å². The van der Waals surface area contributed by atoms with Crippen molar-refractivity contribution in [3.8, 4) is 0 Å². The van der Waals surface area contributed by atoms with Crippen molar-refractivity contribution < 1.29 is 0 Å². The summed E-state index contributed by atoms with van der Waals surface area (Å²) in [6.07, 6.45) is 10.0. The zero-order chi connectivity index (χ0) is 19.6. The average Bonchev–Trinajstić information content (AvgIpc) is 3.11. The highest BCUT2D eigenvalue weighted by Crippen LogP contribution is 2.38. The van der Waals surface area contributed by atoms with Gasteiger partial charge < -0.3 is 10.6 Å². The number of pyridine rings is 1. The van der Waals surface area contributed by atoms with E-state index < -0.39 is 0 Å². The SMILES string of the molecule is CCC.CCCCN(CCC)c1nc(N)c2c(n1)C(c1ccncc1)C=N2. The quantitative estimate of drug-likeness (QED) is 0.764. The van der Waals surface area contributed by atoms with E-state index in [9.17, 15) is 0 Å². The number of rotatable bonds is 7. The molecule has 0 bridgehead atoms. The Kier molecular flexibility index (Phi) is 8.17. The van der Waals surface area contributed by atoms with E-state index in [-0.39, 0.29) is 5.92 Å². The zero-order valence-corrected chi connectivity index (χ0v) is 17.0. The first-order chi connectivity index (χ1) is 13.2. The van der Waals surface area contributed by atoms with Crippen LogP contribution >= 0.6 is 0 Å². The highest BCUT2D eigenvalue weighted by molar-refractivity contribution is 5.87. The van der Waals surface area contributed by atoms with Crippen molar-refractivity contribution in [3.63, 3.8) is 0 Å². The van der Waals surface area contributed by atoms with Crippen LogP contribution in [0.25, 0.3) is 0 Å². The Bertz CT molecular complexity index is 729. The Morgan fingerprint density at radius 2 is 1.70 bits per heavy atom. The maximum absolute atomic E-state index is 6.17. The molecule has 6 nitrogen and oxygen atoms in total. The Morgan fingerprint density at radius 1 is 1.00 bits per heavy atom. The highest BCUT2D eigenvalue weighted by atomic mass is 15.3. The first-order valence-corrected chi connectivity index (χ1v) is 10.0. The van der Waals surface area contributed by atoms with Gasteiger partial charge in [0.05, 0.1) is 11.6 Å². The number of unbranched alkanes of at least 4 members (excludes halogenated alkanes) is 1. The molecule has 1 aliphatic rings. The number of hydrogen-bond acceptors (Lipinski definition) is 6. The summed E-state index contributed by atoms with van der Waals surface area (Å²) in [7, 11) is 0. The molecule has 0 fully saturated rings. The van der Waals surface area contributed by atoms with E-state index in [1.165, 1.54) is 6.42 Å². The molecule has 3 heterocycles. The molecule has 0 aliphatic carbocycles. The average molecular weight is 369 g/mol. The number of hydrogen-bond donors (Lipinski definition) is 1. The van der Waals surface area contributed by atoms with E-state index in [2.05, 4.69) is 47.6 Å². The van der Waals surface area contributed by atoms with Gasteiger partial charge in [0.15, 0.2) is 5.82 Å². The fourth-order valence-corrected chi connectivity index (χ4v) is 2.93. The van der Waals surface area contributed by atoms with Crippen LogP contribution in [0, 0.1) is 0 Å². The molecule has 0 saturated heterocycles. The largest absolute Gasteiger partial charge is 0.382 e. The van der Waals surface area contributed by atoms with Gasteiger partial charge in [-0.2, -0.15) is 4.98 Å². The number of nitrogen functional groups attached to an aromatic ring is 1. The van der Waals surface area contributed by atoms with Gasteiger partial charge in [-0.1, -0.05) is 40.5 Å². The fourth-order valence-electron chi connectivity index (χ4n) is 2.93. The number of anilines is 2. The van der Waals surface area contributed by atoms with Crippen molar-refractivity contribution >= 4 is 23.7 Å². The van der Waals surface area contributed by atoms with Crippen molar-refractivity contribution in [2.45, 2.75) is 59.3 Å². The molecule has 3 rings (SSSR count). The third-order valence-corrected chi connectivity index (χ3v) is 4.20. The summed E-state index contributed by atoms with van der Waals surface area (Å²) >= 11 is 0. The molecule has 1 atom stereocenters. The second kappa shape index (κ2) is 10.6. The van der Waals surface area contributed by atoms with Gasteiger partial charge in [-0.05, 0) is 30.5 Å². The number of nitrogens with zero attached hydrogens (tertiary/aromatic N) is 5. The molecule has 2 aromatic heterocycles. The number of aromatic nitrogens is 3. The standard InChI is InChI=1S/C18H24N6.C3H8/c1-3-5-11-24(10-4-2)18-22-15-14(13-6-8-20-9-7-13)12-21-16(15)17(19)23-18;1-3-2/h6-9,12,14H,3-5,10-11H2,1-2H3,(H2,19,22,23);3H2,1-2H3. The molecule has 1 aliphatic heterocycles. The van der Waals surface area contributed by atoms with Crippen molar-refractivity contribution in [3.05, 3.63) is 35.8 Å². The van der Waals surface area contributed by atoms with Crippen molar-refractivity contribution in [2.24, 2.45) is 4.99 Å². The normalized spacial score (nSPS) is 14.4. The topological polar surface area (TPSA) is 80.3 Å². The summed E-state index contributed by atoms with van der Waals surface area (Å²) in [5, 5.41) is 0. The minimum atomic E-state index is 0.0155. The molecule has 0 radical (unpaired) electrons. The lowest BCUT2D eigenvalue weighted by Gasteiger charge is -2.23. The summed E-state index contributed by atoms with van der Waals surface area (Å²) < 4.78 is 0. The molecule has 0 aromatic carbocycles. The molecular weight excluding hydrogens is 336 g/mol. The second-order valence-corrected chi connectivity index (χ2v) is 6.73. The van der Waals surface area contributed by atoms with Gasteiger partial charge in [-0.25, -0.2) is 4.98 Å². The molecule has 2 N–H and O–H groups in total. The summed E-state index contributed by atoms with van der Waals surface area (Å²) in [6.45, 7) is 10.5. The molecule has 0 amide bonds. The smallest absolute Gasteiger partial charge is 0.227 e. The zero-order valence-electron chi connectivity index (χ0n) is 17.0. The Balaban J connectivity index is 0.000000817. The van der Waals surface area contributed by atoms with Gasteiger partial charge in [-0.3, -0.25) is 9.98 Å². The van der Waals surface area contributed by atoms with E-state index in [1.54, 1.807) is 12.4 Å². The Morgan fingerprint density at radius 3 is 2.33 bits per heavy atom. The lowest BCUT2D eigenvalue weighted by molar-refractivity contribution is 0.685. The van der Waals surface area contributed by atoms with E-state index in [1.807, 2.05) is 18.3 Å². The Labute approximate surface area is 163 Å². The minimum Gasteiger partial charge on any atom is -0.382 e. The predicted molar refractivity (Wildman–Crippen MR) is 114 cm³/mol. The van der Waals surface area contributed by atoms with Gasteiger partial charge in [-0.15, -0.1) is 0 Å². The van der Waals surface area contributed by atoms with Crippen LogP contribution in [0.5, 0.6) is 0 Å². The van der Waals surface area contributed by atoms with Crippen molar-refractivity contribution in [1.82, 2.24) is 15.0 Å². The molecular formula is C21H32N6. The third-order valence-electron chi connectivity index (χ3n) is 4.20. The second-order valence-electron chi connectivity index (χ2n) is 6.73. The van der Waals surface area contributed by atoms with Crippen LogP contribution in [0.4, 0.5) is 17.5 Å². The van der Waals surface area contributed by atoms with Gasteiger partial charge in [0.1, 0.15) is 5.69 Å². The van der Waals surface area contributed by atoms with Gasteiger partial charge in [0.25, 0.3) is 0 Å². The number of nitrogens with two attached hydrogens (primary N) is 1. The van der Waals surface area contributed by atoms with Gasteiger partial charge in [0.2, 0.25) is 5.95 Å². The third kappa shape index (κ3) is 5.25. The fraction of sp³-hybridized carbons (Fsp3) is 0.524. The monoisotopic (exact) mass is 368 g/mol. The molecule has 146 valence electrons. The van der Waals surface area contributed by atoms with Crippen LogP contribution < -0.4 is 10.6 Å². The maximum atomic E-state index is 6.17. The molecule has 0 saturated carbocycles. The van der Waals surface area contributed by atoms with E-state index >= 15 is 0 Å². The molecule has 27 heavy (non-hydrogen) atoms. The summed E-state index contributed by atoms with van der Waals surface area (Å²) in [4.78, 5) is 20.1. The van der Waals surface area contributed by atoms with Gasteiger partial charge in [0, 0.05) is 31.7 Å². The van der Waals surface area contributed by atoms with Gasteiger partial charge >= 0.3 is 0 Å². The first-order valence-electron chi connectivity index (χ1n) is 10.0. The predicted octanol–water partition coefficient (Wildman–Crippen LogP) is 4.73. The summed E-state index contributed by atoms with van der Waals surface area (Å²) in [6, 6.07) is 3.98. The van der Waals surface area contributed by atoms with E-state index in [0.29, 0.717) is 17.5 Å². The molecule has 0 spiro atoms. The molecule has 2 aromatic rings. The summed E-state index contributed by atoms with van der Waals surface area (Å²) in [5.41, 5.74) is 8.88. The van der Waals surface area contributed by atoms with E-state index in [0.717, 1.165) is 43.6 Å². The lowest BCUT2D eigenvalue weighted by atomic mass is 9.99. The van der Waals surface area contributed by atoms with Crippen LogP contribution in [0.15, 0.2) is 29.5 Å². The highest BCUT2D eigenvalue weighted by Gasteiger charge is 2.27. The maximum Gasteiger partial charge on any atom is 0.227 e. The first kappa shape index (κ1) is 20.8. The number of aliphatic imine (C=N–C) groups is 1. The van der Waals surface area contributed by atoms with Crippen LogP contribution in [0.3, 0.4) is 0 Å². The lowest BCUT2D eigenvalue weighted by Crippen LogP contribution is -2.28. The Hall–Kier alpha value is -2.50.